The standard InChI is InChI=1S/C31H28NOP/c33-31(29(24-32-22-12-13-23-32)25-14-4-1-5-15-25)28-20-10-11-21-30(28)34(26-16-6-2-7-17-26)27-18-8-3-9-19-27/h1-11,14-21,24H,12-13,22-23H2/b29-24+. The van der Waals surface area contributed by atoms with Crippen molar-refractivity contribution >= 4 is 35.2 Å². The maximum atomic E-state index is 14.2. The molecule has 0 radical (unpaired) electrons. The van der Waals surface area contributed by atoms with E-state index in [1.165, 1.54) is 23.5 Å². The first-order chi connectivity index (χ1) is 16.8. The van der Waals surface area contributed by atoms with E-state index in [1.54, 1.807) is 0 Å². The first-order valence-electron chi connectivity index (χ1n) is 11.9. The van der Waals surface area contributed by atoms with E-state index in [2.05, 4.69) is 71.8 Å². The highest BCUT2D eigenvalue weighted by Gasteiger charge is 2.25. The van der Waals surface area contributed by atoms with Crippen molar-refractivity contribution in [3.63, 3.8) is 0 Å². The third kappa shape index (κ3) is 4.88. The van der Waals surface area contributed by atoms with Gasteiger partial charge in [0, 0.05) is 30.4 Å². The smallest absolute Gasteiger partial charge is 0.195 e. The van der Waals surface area contributed by atoms with Gasteiger partial charge in [0.25, 0.3) is 0 Å². The molecule has 4 aromatic rings. The zero-order valence-corrected chi connectivity index (χ0v) is 20.1. The van der Waals surface area contributed by atoms with E-state index >= 15 is 0 Å². The molecule has 0 atom stereocenters. The van der Waals surface area contributed by atoms with Crippen molar-refractivity contribution in [2.24, 2.45) is 0 Å². The number of likely N-dealkylation sites (tertiary alicyclic amines) is 1. The van der Waals surface area contributed by atoms with Crippen LogP contribution in [0.5, 0.6) is 0 Å². The molecular formula is C31H28NOP. The van der Waals surface area contributed by atoms with Crippen LogP contribution in [0, 0.1) is 0 Å². The van der Waals surface area contributed by atoms with Crippen molar-refractivity contribution in [2.75, 3.05) is 13.1 Å². The number of ketones is 1. The molecule has 3 heteroatoms. The molecule has 0 amide bonds. The van der Waals surface area contributed by atoms with Gasteiger partial charge in [0.1, 0.15) is 0 Å². The first kappa shape index (κ1) is 22.3. The molecule has 5 rings (SSSR count). The van der Waals surface area contributed by atoms with Crippen LogP contribution in [0.25, 0.3) is 5.57 Å². The zero-order valence-electron chi connectivity index (χ0n) is 19.2. The maximum Gasteiger partial charge on any atom is 0.195 e. The van der Waals surface area contributed by atoms with Crippen molar-refractivity contribution in [2.45, 2.75) is 12.8 Å². The quantitative estimate of drug-likeness (QED) is 0.198. The van der Waals surface area contributed by atoms with Gasteiger partial charge in [-0.3, -0.25) is 4.79 Å². The van der Waals surface area contributed by atoms with Crippen LogP contribution in [0.3, 0.4) is 0 Å². The van der Waals surface area contributed by atoms with Gasteiger partial charge in [0.05, 0.1) is 0 Å². The number of hydrogen-bond donors (Lipinski definition) is 0. The van der Waals surface area contributed by atoms with Crippen LogP contribution in [0.1, 0.15) is 28.8 Å². The topological polar surface area (TPSA) is 20.3 Å². The molecule has 4 aromatic carbocycles. The normalized spacial score (nSPS) is 13.9. The largest absolute Gasteiger partial charge is 0.377 e. The van der Waals surface area contributed by atoms with E-state index in [1.807, 2.05) is 54.6 Å². The first-order valence-corrected chi connectivity index (χ1v) is 13.2. The Hall–Kier alpha value is -3.48. The Bertz CT molecular complexity index is 1220. The number of nitrogens with zero attached hydrogens (tertiary/aromatic N) is 1. The summed E-state index contributed by atoms with van der Waals surface area (Å²) >= 11 is 0. The van der Waals surface area contributed by atoms with Gasteiger partial charge in [-0.1, -0.05) is 115 Å². The second-order valence-corrected chi connectivity index (χ2v) is 10.7. The van der Waals surface area contributed by atoms with Crippen LogP contribution < -0.4 is 15.9 Å². The lowest BCUT2D eigenvalue weighted by Crippen LogP contribution is -2.26. The summed E-state index contributed by atoms with van der Waals surface area (Å²) < 4.78 is 0. The minimum absolute atomic E-state index is 0.0908. The molecule has 1 aliphatic rings. The number of allylic oxidation sites excluding steroid dienone is 1. The highest BCUT2D eigenvalue weighted by Crippen LogP contribution is 2.35. The molecule has 0 spiro atoms. The Labute approximate surface area is 203 Å². The van der Waals surface area contributed by atoms with Gasteiger partial charge in [-0.05, 0) is 42.2 Å². The summed E-state index contributed by atoms with van der Waals surface area (Å²) in [5.74, 6) is 0.0908. The Balaban J connectivity index is 1.64. The summed E-state index contributed by atoms with van der Waals surface area (Å²) in [4.78, 5) is 16.5. The predicted octanol–water partition coefficient (Wildman–Crippen LogP) is 5.76. The number of carbonyl (C=O) groups excluding carboxylic acids is 1. The van der Waals surface area contributed by atoms with E-state index in [0.29, 0.717) is 0 Å². The van der Waals surface area contributed by atoms with E-state index < -0.39 is 7.92 Å². The fourth-order valence-electron chi connectivity index (χ4n) is 4.52. The molecule has 0 bridgehead atoms. The highest BCUT2D eigenvalue weighted by atomic mass is 31.1. The second-order valence-electron chi connectivity index (χ2n) is 8.50. The average Bonchev–Trinajstić information content (AvgIpc) is 3.43. The Morgan fingerprint density at radius 3 is 1.74 bits per heavy atom. The van der Waals surface area contributed by atoms with E-state index in [-0.39, 0.29) is 5.78 Å². The van der Waals surface area contributed by atoms with Crippen LogP contribution in [-0.2, 0) is 0 Å². The van der Waals surface area contributed by atoms with Crippen molar-refractivity contribution in [1.29, 1.82) is 0 Å². The summed E-state index contributed by atoms with van der Waals surface area (Å²) in [7, 11) is -0.870. The molecule has 1 saturated heterocycles. The molecule has 1 fully saturated rings. The van der Waals surface area contributed by atoms with Crippen LogP contribution in [0.4, 0.5) is 0 Å². The SMILES string of the molecule is O=C(/C(=C/N1CCCC1)c1ccccc1)c1ccccc1P(c1ccccc1)c1ccccc1. The predicted molar refractivity (Wildman–Crippen MR) is 145 cm³/mol. The Morgan fingerprint density at radius 1 is 0.647 bits per heavy atom. The fraction of sp³-hybridized carbons (Fsp3) is 0.129. The lowest BCUT2D eigenvalue weighted by Gasteiger charge is -2.23. The number of carbonyl (C=O) groups is 1. The molecule has 1 heterocycles. The Kier molecular flexibility index (Phi) is 6.98. The molecule has 2 nitrogen and oxygen atoms in total. The van der Waals surface area contributed by atoms with Crippen molar-refractivity contribution in [3.05, 3.63) is 133 Å². The van der Waals surface area contributed by atoms with Crippen LogP contribution >= 0.6 is 7.92 Å². The van der Waals surface area contributed by atoms with Crippen LogP contribution in [-0.4, -0.2) is 23.8 Å². The van der Waals surface area contributed by atoms with Gasteiger partial charge in [0.15, 0.2) is 5.78 Å². The van der Waals surface area contributed by atoms with E-state index in [9.17, 15) is 4.79 Å². The van der Waals surface area contributed by atoms with E-state index in [4.69, 9.17) is 0 Å². The molecule has 168 valence electrons. The van der Waals surface area contributed by atoms with Gasteiger partial charge in [-0.25, -0.2) is 0 Å². The zero-order chi connectivity index (χ0) is 23.2. The monoisotopic (exact) mass is 461 g/mol. The molecule has 34 heavy (non-hydrogen) atoms. The maximum absolute atomic E-state index is 14.2. The van der Waals surface area contributed by atoms with Crippen LogP contribution in [0.2, 0.25) is 0 Å². The minimum Gasteiger partial charge on any atom is -0.377 e. The molecular weight excluding hydrogens is 433 g/mol. The summed E-state index contributed by atoms with van der Waals surface area (Å²) in [5.41, 5.74) is 2.53. The third-order valence-corrected chi connectivity index (χ3v) is 8.70. The van der Waals surface area contributed by atoms with Gasteiger partial charge >= 0.3 is 0 Å². The number of Topliss-reactive ketones (excluding diaryl/α,β-unsaturated/α-hetero) is 1. The number of benzene rings is 4. The summed E-state index contributed by atoms with van der Waals surface area (Å²) in [6.45, 7) is 2.01. The number of hydrogen-bond acceptors (Lipinski definition) is 2. The van der Waals surface area contributed by atoms with Gasteiger partial charge in [0.2, 0.25) is 0 Å². The Morgan fingerprint density at radius 2 is 1.15 bits per heavy atom. The average molecular weight is 462 g/mol. The van der Waals surface area contributed by atoms with Crippen molar-refractivity contribution in [3.8, 4) is 0 Å². The van der Waals surface area contributed by atoms with Crippen molar-refractivity contribution in [1.82, 2.24) is 4.90 Å². The fourth-order valence-corrected chi connectivity index (χ4v) is 6.97. The molecule has 1 aliphatic heterocycles. The molecule has 0 saturated carbocycles. The van der Waals surface area contributed by atoms with Gasteiger partial charge in [-0.2, -0.15) is 0 Å². The summed E-state index contributed by atoms with van der Waals surface area (Å²) in [6, 6.07) is 39.4. The highest BCUT2D eigenvalue weighted by molar-refractivity contribution is 7.80. The lowest BCUT2D eigenvalue weighted by molar-refractivity contribution is 0.105. The summed E-state index contributed by atoms with van der Waals surface area (Å²) in [5, 5.41) is 3.59. The van der Waals surface area contributed by atoms with Crippen LogP contribution in [0.15, 0.2) is 121 Å². The van der Waals surface area contributed by atoms with E-state index in [0.717, 1.165) is 35.1 Å². The molecule has 0 unspecified atom stereocenters. The van der Waals surface area contributed by atoms with Gasteiger partial charge < -0.3 is 4.90 Å². The minimum atomic E-state index is -0.870. The van der Waals surface area contributed by atoms with Gasteiger partial charge in [-0.15, -0.1) is 0 Å². The molecule has 0 N–H and O–H groups in total. The lowest BCUT2D eigenvalue weighted by atomic mass is 9.97. The second kappa shape index (κ2) is 10.6. The van der Waals surface area contributed by atoms with Crippen molar-refractivity contribution < 1.29 is 4.79 Å². The third-order valence-electron chi connectivity index (χ3n) is 6.20. The molecule has 0 aromatic heterocycles. The summed E-state index contributed by atoms with van der Waals surface area (Å²) in [6.07, 6.45) is 4.45. The molecule has 0 aliphatic carbocycles. The number of rotatable bonds is 7.